The van der Waals surface area contributed by atoms with Crippen molar-refractivity contribution >= 4 is 47.2 Å². The molecule has 0 spiro atoms. The highest BCUT2D eigenvalue weighted by Crippen LogP contribution is 2.29. The number of aliphatic hydroxyl groups is 3. The van der Waals surface area contributed by atoms with Gasteiger partial charge in [-0.1, -0.05) is 45.9 Å². The van der Waals surface area contributed by atoms with E-state index < -0.39 is 108 Å². The zero-order valence-corrected chi connectivity index (χ0v) is 55.8. The summed E-state index contributed by atoms with van der Waals surface area (Å²) in [6.07, 6.45) is -5.22. The number of carboxylic acids is 1. The van der Waals surface area contributed by atoms with Gasteiger partial charge in [0.2, 0.25) is 17.7 Å². The summed E-state index contributed by atoms with van der Waals surface area (Å²) in [5.41, 5.74) is 1.38. The molecule has 4 rings (SSSR count). The van der Waals surface area contributed by atoms with Crippen LogP contribution in [-0.4, -0.2) is 283 Å². The van der Waals surface area contributed by atoms with E-state index in [2.05, 4.69) is 26.3 Å². The molecule has 9 atom stereocenters. The molecular weight excluding hydrogens is 1250 g/mol. The first-order valence-electron chi connectivity index (χ1n) is 32.1. The number of amides is 5. The van der Waals surface area contributed by atoms with Crippen molar-refractivity contribution in [3.05, 3.63) is 53.4 Å². The molecule has 2 aromatic rings. The first kappa shape index (κ1) is 81.4. The largest absolute Gasteiger partial charge is 0.479 e. The summed E-state index contributed by atoms with van der Waals surface area (Å²) in [4.78, 5) is 92.6. The topological polar surface area (TPSA) is 400 Å². The van der Waals surface area contributed by atoms with E-state index in [1.165, 1.54) is 17.8 Å². The molecule has 538 valence electrons. The Labute approximate surface area is 554 Å². The van der Waals surface area contributed by atoms with Crippen molar-refractivity contribution in [1.82, 2.24) is 30.5 Å². The monoisotopic (exact) mass is 1360 g/mol. The number of methoxy groups -OCH3 is 1. The Hall–Kier alpha value is -6.05. The predicted octanol–water partition coefficient (Wildman–Crippen LogP) is -0.0499. The van der Waals surface area contributed by atoms with Crippen LogP contribution in [0.1, 0.15) is 77.2 Å². The SMILES string of the molecule is COCCOCCOCCOCCOCCOCCOCCOCCOCCOCCOCCOCCn1cc([C@@H](CC(=O)NC(C(=O)N[C@@H](C)C(=O)Nc2ccc(COC(=O)C(C)C(C)C)c(CC[C@@H]3O[C@H](C(=O)O)[C@@H](O)[C@H](O)[C@H]3O)c2)C(C)C)N2C(=O)C=CC2=O)nn1. The van der Waals surface area contributed by atoms with Crippen molar-refractivity contribution in [3.63, 3.8) is 0 Å². The standard InChI is InChI=1S/C63H101N7O25/c1-42(2)44(5)63(81)94-41-47-8-10-48(38-46(47)9-11-51-56(74)57(75)58(76)59(95-51)62(79)80)65-60(77)45(6)64-61(78)55(43(3)4)66-52(71)39-50(70-53(72)12-13-54(70)73)49-40-69(68-67-49)14-15-83-18-19-85-22-23-87-26-27-89-30-31-91-34-35-93-37-36-92-33-32-90-29-28-88-25-24-86-21-20-84-17-16-82-7/h8,10,12-13,38,40,42-45,50-51,55-59,74-76H,9,11,14-37,39,41H2,1-7H3,(H,64,78)(H,65,77)(H,66,71)(H,79,80)/t44?,45-,50+,51-,55?,56-,57+,58-,59-/m0/s1. The van der Waals surface area contributed by atoms with E-state index in [1.54, 1.807) is 46.1 Å². The number of aliphatic hydroxyl groups excluding tert-OH is 3. The van der Waals surface area contributed by atoms with Crippen LogP contribution in [0.2, 0.25) is 0 Å². The number of hydrogen-bond acceptors (Lipinski definition) is 26. The van der Waals surface area contributed by atoms with Crippen molar-refractivity contribution in [2.75, 3.05) is 164 Å². The van der Waals surface area contributed by atoms with Crippen LogP contribution in [0, 0.1) is 17.8 Å². The lowest BCUT2D eigenvalue weighted by Crippen LogP contribution is -2.59. The van der Waals surface area contributed by atoms with Gasteiger partial charge in [0.05, 0.1) is 189 Å². The number of aromatic nitrogens is 3. The highest BCUT2D eigenvalue weighted by molar-refractivity contribution is 6.13. The molecule has 32 heteroatoms. The molecule has 32 nitrogen and oxygen atoms in total. The van der Waals surface area contributed by atoms with Crippen molar-refractivity contribution in [2.24, 2.45) is 17.8 Å². The highest BCUT2D eigenvalue weighted by Gasteiger charge is 2.46. The molecule has 2 aliphatic heterocycles. The summed E-state index contributed by atoms with van der Waals surface area (Å²) in [7, 11) is 1.63. The molecule has 5 amide bonds. The van der Waals surface area contributed by atoms with Crippen LogP contribution in [0.3, 0.4) is 0 Å². The van der Waals surface area contributed by atoms with Crippen LogP contribution >= 0.6 is 0 Å². The van der Waals surface area contributed by atoms with E-state index >= 15 is 0 Å². The Morgan fingerprint density at radius 1 is 0.589 bits per heavy atom. The molecule has 1 aromatic heterocycles. The average Bonchev–Trinajstić information content (AvgIpc) is 1.80. The van der Waals surface area contributed by atoms with Crippen molar-refractivity contribution < 1.29 is 120 Å². The zero-order valence-electron chi connectivity index (χ0n) is 55.8. The fraction of sp³-hybridized carbons (Fsp3) is 0.730. The Morgan fingerprint density at radius 3 is 1.52 bits per heavy atom. The molecule has 2 aliphatic rings. The third kappa shape index (κ3) is 31.4. The second-order valence-electron chi connectivity index (χ2n) is 22.8. The first-order valence-corrected chi connectivity index (χ1v) is 32.1. The predicted molar refractivity (Wildman–Crippen MR) is 335 cm³/mol. The maximum atomic E-state index is 13.8. The van der Waals surface area contributed by atoms with Crippen LogP contribution in [0.25, 0.3) is 0 Å². The van der Waals surface area contributed by atoms with Crippen molar-refractivity contribution in [1.29, 1.82) is 0 Å². The number of ether oxygens (including phenoxy) is 14. The first-order chi connectivity index (χ1) is 45.7. The molecule has 3 heterocycles. The molecular formula is C63H101N7O25. The van der Waals surface area contributed by atoms with E-state index in [-0.39, 0.29) is 56.5 Å². The Morgan fingerprint density at radius 2 is 1.06 bits per heavy atom. The maximum absolute atomic E-state index is 13.8. The number of carbonyl (C=O) groups excluding carboxylic acids is 6. The lowest BCUT2D eigenvalue weighted by molar-refractivity contribution is -0.228. The highest BCUT2D eigenvalue weighted by atomic mass is 16.6. The van der Waals surface area contributed by atoms with E-state index in [9.17, 15) is 54.0 Å². The molecule has 0 aliphatic carbocycles. The van der Waals surface area contributed by atoms with Crippen LogP contribution < -0.4 is 16.0 Å². The van der Waals surface area contributed by atoms with E-state index in [1.807, 2.05) is 13.8 Å². The van der Waals surface area contributed by atoms with Gasteiger partial charge >= 0.3 is 11.9 Å². The van der Waals surface area contributed by atoms with E-state index in [0.29, 0.717) is 150 Å². The number of anilines is 1. The molecule has 95 heavy (non-hydrogen) atoms. The number of hydrogen-bond donors (Lipinski definition) is 7. The number of nitrogens with one attached hydrogen (secondary N) is 3. The van der Waals surface area contributed by atoms with Gasteiger partial charge in [0.15, 0.2) is 6.10 Å². The molecule has 1 saturated heterocycles. The number of aryl methyl sites for hydroxylation is 1. The van der Waals surface area contributed by atoms with E-state index in [0.717, 1.165) is 17.1 Å². The van der Waals surface area contributed by atoms with Gasteiger partial charge in [0.1, 0.15) is 42.7 Å². The summed E-state index contributed by atoms with van der Waals surface area (Å²) in [5, 5.41) is 57.2. The van der Waals surface area contributed by atoms with Gasteiger partial charge in [0.25, 0.3) is 11.8 Å². The van der Waals surface area contributed by atoms with E-state index in [4.69, 9.17) is 66.3 Å². The second-order valence-corrected chi connectivity index (χ2v) is 22.8. The number of esters is 1. The molecule has 7 N–H and O–H groups in total. The van der Waals surface area contributed by atoms with Gasteiger partial charge in [-0.05, 0) is 54.9 Å². The smallest absolute Gasteiger partial charge is 0.335 e. The molecule has 1 fully saturated rings. The van der Waals surface area contributed by atoms with Crippen LogP contribution in [0.5, 0.6) is 0 Å². The van der Waals surface area contributed by atoms with Crippen molar-refractivity contribution in [3.8, 4) is 0 Å². The quantitative estimate of drug-likeness (QED) is 0.0259. The third-order valence-electron chi connectivity index (χ3n) is 14.9. The molecule has 1 aromatic carbocycles. The number of benzene rings is 1. The van der Waals surface area contributed by atoms with Gasteiger partial charge < -0.3 is 103 Å². The second kappa shape index (κ2) is 47.0. The Balaban J connectivity index is 1.10. The zero-order chi connectivity index (χ0) is 69.3. The van der Waals surface area contributed by atoms with Gasteiger partial charge in [-0.15, -0.1) is 5.10 Å². The van der Waals surface area contributed by atoms with Gasteiger partial charge in [-0.2, -0.15) is 0 Å². The van der Waals surface area contributed by atoms with Crippen molar-refractivity contribution in [2.45, 2.75) is 123 Å². The Bertz CT molecular complexity index is 2580. The molecule has 0 bridgehead atoms. The number of nitrogens with zero attached hydrogens (tertiary/aromatic N) is 4. The lowest BCUT2D eigenvalue weighted by atomic mass is 9.91. The minimum absolute atomic E-state index is 0.00508. The fourth-order valence-electron chi connectivity index (χ4n) is 9.11. The number of carbonyl (C=O) groups is 7. The number of aliphatic carboxylic acids is 1. The number of rotatable bonds is 54. The summed E-state index contributed by atoms with van der Waals surface area (Å²) < 4.78 is 78.0. The summed E-state index contributed by atoms with van der Waals surface area (Å²) >= 11 is 0. The molecule has 0 radical (unpaired) electrons. The third-order valence-corrected chi connectivity index (χ3v) is 14.9. The van der Waals surface area contributed by atoms with Crippen LogP contribution in [-0.2, 0) is 119 Å². The fourth-order valence-corrected chi connectivity index (χ4v) is 9.11. The van der Waals surface area contributed by atoms with Gasteiger partial charge in [-0.3, -0.25) is 33.7 Å². The van der Waals surface area contributed by atoms with Crippen LogP contribution in [0.15, 0.2) is 36.5 Å². The van der Waals surface area contributed by atoms with Crippen LogP contribution in [0.4, 0.5) is 5.69 Å². The van der Waals surface area contributed by atoms with Gasteiger partial charge in [-0.25, -0.2) is 9.48 Å². The number of carboxylic acid groups (broad SMARTS) is 1. The maximum Gasteiger partial charge on any atom is 0.335 e. The minimum atomic E-state index is -1.88. The summed E-state index contributed by atoms with van der Waals surface area (Å²) in [5.74, 6) is -6.38. The average molecular weight is 1360 g/mol. The summed E-state index contributed by atoms with van der Waals surface area (Å²) in [6, 6.07) is 1.13. The molecule has 2 unspecified atom stereocenters. The lowest BCUT2D eigenvalue weighted by Gasteiger charge is -2.39. The molecule has 0 saturated carbocycles. The number of imide groups is 1. The van der Waals surface area contributed by atoms with Gasteiger partial charge in [0, 0.05) is 24.9 Å². The minimum Gasteiger partial charge on any atom is -0.479 e. The Kier molecular flexibility index (Phi) is 40.3. The normalized spacial score (nSPS) is 18.5. The summed E-state index contributed by atoms with van der Waals surface area (Å²) in [6.45, 7) is 20.2.